The Balaban J connectivity index is 2.20. The number of nitrogen functional groups attached to an aromatic ring is 1. The van der Waals surface area contributed by atoms with Crippen molar-refractivity contribution in [3.63, 3.8) is 0 Å². The molecule has 0 unspecified atom stereocenters. The molecule has 4 heteroatoms. The lowest BCUT2D eigenvalue weighted by Crippen LogP contribution is -2.26. The van der Waals surface area contributed by atoms with Gasteiger partial charge in [0.05, 0.1) is 0 Å². The summed E-state index contributed by atoms with van der Waals surface area (Å²) in [6, 6.07) is 2.50. The van der Waals surface area contributed by atoms with Crippen molar-refractivity contribution < 1.29 is 0 Å². The summed E-state index contributed by atoms with van der Waals surface area (Å²) in [5.41, 5.74) is 5.54. The second-order valence-corrected chi connectivity index (χ2v) is 3.45. The van der Waals surface area contributed by atoms with E-state index in [-0.39, 0.29) is 0 Å². The standard InChI is InChI=1S/C10H14N4/c1-2-7-14(8-3-4-8)9-5-6-12-10(11)13-9/h2,5-6,8H,1,3-4,7H2,(H2,11,12,13). The number of aromatic nitrogens is 2. The Bertz CT molecular complexity index is 333. The molecule has 1 aliphatic rings. The molecule has 0 bridgehead atoms. The summed E-state index contributed by atoms with van der Waals surface area (Å²) in [6.45, 7) is 4.56. The highest BCUT2D eigenvalue weighted by atomic mass is 15.2. The van der Waals surface area contributed by atoms with E-state index >= 15 is 0 Å². The number of hydrogen-bond donors (Lipinski definition) is 1. The minimum absolute atomic E-state index is 0.331. The normalized spacial score (nSPS) is 15.1. The summed E-state index contributed by atoms with van der Waals surface area (Å²) in [5, 5.41) is 0. The predicted molar refractivity (Wildman–Crippen MR) is 57.0 cm³/mol. The highest BCUT2D eigenvalue weighted by molar-refractivity contribution is 5.44. The molecular formula is C10H14N4. The van der Waals surface area contributed by atoms with E-state index < -0.39 is 0 Å². The van der Waals surface area contributed by atoms with E-state index in [0.29, 0.717) is 12.0 Å². The molecule has 1 saturated carbocycles. The van der Waals surface area contributed by atoms with E-state index in [1.807, 2.05) is 12.1 Å². The van der Waals surface area contributed by atoms with Crippen LogP contribution in [-0.4, -0.2) is 22.6 Å². The lowest BCUT2D eigenvalue weighted by molar-refractivity contribution is 0.838. The Hall–Kier alpha value is -1.58. The third kappa shape index (κ3) is 1.84. The van der Waals surface area contributed by atoms with Crippen LogP contribution in [0.15, 0.2) is 24.9 Å². The number of rotatable bonds is 4. The van der Waals surface area contributed by atoms with Crippen LogP contribution in [0.25, 0.3) is 0 Å². The summed E-state index contributed by atoms with van der Waals surface area (Å²) in [5.74, 6) is 1.23. The molecule has 74 valence electrons. The first-order valence-electron chi connectivity index (χ1n) is 4.77. The molecule has 14 heavy (non-hydrogen) atoms. The molecular weight excluding hydrogens is 176 g/mol. The van der Waals surface area contributed by atoms with Crippen molar-refractivity contribution in [2.75, 3.05) is 17.2 Å². The zero-order valence-electron chi connectivity index (χ0n) is 8.06. The molecule has 1 aliphatic carbocycles. The van der Waals surface area contributed by atoms with Crippen molar-refractivity contribution in [2.45, 2.75) is 18.9 Å². The number of nitrogens with zero attached hydrogens (tertiary/aromatic N) is 3. The minimum Gasteiger partial charge on any atom is -0.368 e. The van der Waals surface area contributed by atoms with Crippen LogP contribution in [0.5, 0.6) is 0 Å². The van der Waals surface area contributed by atoms with Crippen LogP contribution >= 0.6 is 0 Å². The molecule has 0 atom stereocenters. The monoisotopic (exact) mass is 190 g/mol. The predicted octanol–water partition coefficient (Wildman–Crippen LogP) is 1.21. The van der Waals surface area contributed by atoms with Crippen molar-refractivity contribution in [1.82, 2.24) is 9.97 Å². The average Bonchev–Trinajstić information content (AvgIpc) is 2.97. The first kappa shape index (κ1) is 8.99. The van der Waals surface area contributed by atoms with Gasteiger partial charge in [-0.15, -0.1) is 6.58 Å². The fourth-order valence-corrected chi connectivity index (χ4v) is 1.48. The third-order valence-electron chi connectivity index (χ3n) is 2.27. The minimum atomic E-state index is 0.331. The third-order valence-corrected chi connectivity index (χ3v) is 2.27. The molecule has 4 nitrogen and oxygen atoms in total. The lowest BCUT2D eigenvalue weighted by atomic mass is 10.4. The van der Waals surface area contributed by atoms with Gasteiger partial charge in [0, 0.05) is 18.8 Å². The fraction of sp³-hybridized carbons (Fsp3) is 0.400. The van der Waals surface area contributed by atoms with Gasteiger partial charge in [-0.2, -0.15) is 4.98 Å². The lowest BCUT2D eigenvalue weighted by Gasteiger charge is -2.21. The van der Waals surface area contributed by atoms with Crippen molar-refractivity contribution in [3.8, 4) is 0 Å². The van der Waals surface area contributed by atoms with Crippen LogP contribution in [0, 0.1) is 0 Å². The molecule has 2 rings (SSSR count). The van der Waals surface area contributed by atoms with E-state index in [9.17, 15) is 0 Å². The maximum atomic E-state index is 5.54. The van der Waals surface area contributed by atoms with Crippen molar-refractivity contribution >= 4 is 11.8 Å². The van der Waals surface area contributed by atoms with E-state index in [1.54, 1.807) is 6.20 Å². The van der Waals surface area contributed by atoms with Crippen LogP contribution in [-0.2, 0) is 0 Å². The SMILES string of the molecule is C=CCN(c1ccnc(N)n1)C1CC1. The van der Waals surface area contributed by atoms with Gasteiger partial charge in [-0.3, -0.25) is 0 Å². The number of anilines is 2. The molecule has 0 saturated heterocycles. The summed E-state index contributed by atoms with van der Waals surface area (Å²) in [4.78, 5) is 10.3. The van der Waals surface area contributed by atoms with Gasteiger partial charge in [0.15, 0.2) is 0 Å². The van der Waals surface area contributed by atoms with Crippen LogP contribution in [0.1, 0.15) is 12.8 Å². The molecule has 1 heterocycles. The van der Waals surface area contributed by atoms with Crippen LogP contribution in [0.4, 0.5) is 11.8 Å². The van der Waals surface area contributed by atoms with Gasteiger partial charge in [0.2, 0.25) is 5.95 Å². The van der Waals surface area contributed by atoms with Gasteiger partial charge < -0.3 is 10.6 Å². The molecule has 0 aliphatic heterocycles. The van der Waals surface area contributed by atoms with Crippen LogP contribution in [0.2, 0.25) is 0 Å². The average molecular weight is 190 g/mol. The molecule has 1 fully saturated rings. The largest absolute Gasteiger partial charge is 0.368 e. The molecule has 0 amide bonds. The molecule has 1 aromatic heterocycles. The summed E-state index contributed by atoms with van der Waals surface area (Å²) in [6.07, 6.45) is 6.04. The molecule has 1 aromatic rings. The summed E-state index contributed by atoms with van der Waals surface area (Å²) in [7, 11) is 0. The smallest absolute Gasteiger partial charge is 0.221 e. The molecule has 0 spiro atoms. The molecule has 0 aromatic carbocycles. The van der Waals surface area contributed by atoms with Crippen molar-refractivity contribution in [3.05, 3.63) is 24.9 Å². The Morgan fingerprint density at radius 2 is 2.43 bits per heavy atom. The fourth-order valence-electron chi connectivity index (χ4n) is 1.48. The van der Waals surface area contributed by atoms with Gasteiger partial charge in [-0.1, -0.05) is 6.08 Å². The second-order valence-electron chi connectivity index (χ2n) is 3.45. The summed E-state index contributed by atoms with van der Waals surface area (Å²) >= 11 is 0. The van der Waals surface area contributed by atoms with Crippen LogP contribution in [0.3, 0.4) is 0 Å². The second kappa shape index (κ2) is 3.65. The number of hydrogen-bond acceptors (Lipinski definition) is 4. The Morgan fingerprint density at radius 3 is 3.00 bits per heavy atom. The maximum Gasteiger partial charge on any atom is 0.221 e. The van der Waals surface area contributed by atoms with E-state index in [1.165, 1.54) is 12.8 Å². The highest BCUT2D eigenvalue weighted by Gasteiger charge is 2.29. The van der Waals surface area contributed by atoms with E-state index in [2.05, 4.69) is 21.4 Å². The zero-order valence-corrected chi connectivity index (χ0v) is 8.06. The topological polar surface area (TPSA) is 55.0 Å². The van der Waals surface area contributed by atoms with Crippen molar-refractivity contribution in [2.24, 2.45) is 0 Å². The Morgan fingerprint density at radius 1 is 1.64 bits per heavy atom. The van der Waals surface area contributed by atoms with E-state index in [4.69, 9.17) is 5.73 Å². The maximum absolute atomic E-state index is 5.54. The van der Waals surface area contributed by atoms with Crippen LogP contribution < -0.4 is 10.6 Å². The van der Waals surface area contributed by atoms with Gasteiger partial charge in [0.1, 0.15) is 5.82 Å². The molecule has 0 radical (unpaired) electrons. The highest BCUT2D eigenvalue weighted by Crippen LogP contribution is 2.30. The van der Waals surface area contributed by atoms with Crippen molar-refractivity contribution in [1.29, 1.82) is 0 Å². The molecule has 2 N–H and O–H groups in total. The van der Waals surface area contributed by atoms with E-state index in [0.717, 1.165) is 12.4 Å². The van der Waals surface area contributed by atoms with Gasteiger partial charge >= 0.3 is 0 Å². The van der Waals surface area contributed by atoms with Gasteiger partial charge in [0.25, 0.3) is 0 Å². The Labute approximate surface area is 83.5 Å². The first-order chi connectivity index (χ1) is 6.81. The number of nitrogens with two attached hydrogens (primary N) is 1. The zero-order chi connectivity index (χ0) is 9.97. The quantitative estimate of drug-likeness (QED) is 0.725. The summed E-state index contributed by atoms with van der Waals surface area (Å²) < 4.78 is 0. The van der Waals surface area contributed by atoms with Gasteiger partial charge in [-0.05, 0) is 18.9 Å². The first-order valence-corrected chi connectivity index (χ1v) is 4.77. The Kier molecular flexibility index (Phi) is 2.35. The van der Waals surface area contributed by atoms with Gasteiger partial charge in [-0.25, -0.2) is 4.98 Å².